The number of nitrogens with one attached hydrogen (secondary N) is 3. The third-order valence-electron chi connectivity index (χ3n) is 9.00. The monoisotopic (exact) mass is 554 g/mol. The van der Waals surface area contributed by atoms with Crippen molar-refractivity contribution in [3.05, 3.63) is 71.6 Å². The van der Waals surface area contributed by atoms with Crippen molar-refractivity contribution in [3.63, 3.8) is 0 Å². The Morgan fingerprint density at radius 1 is 1.02 bits per heavy atom. The van der Waals surface area contributed by atoms with Gasteiger partial charge in [0.1, 0.15) is 11.8 Å². The number of nitrogens with zero attached hydrogens (tertiary/aromatic N) is 3. The largest absolute Gasteiger partial charge is 0.497 e. The van der Waals surface area contributed by atoms with Crippen molar-refractivity contribution in [2.75, 3.05) is 48.8 Å². The molecule has 41 heavy (non-hydrogen) atoms. The Morgan fingerprint density at radius 2 is 1.88 bits per heavy atom. The second-order valence-electron chi connectivity index (χ2n) is 11.3. The third kappa shape index (κ3) is 4.57. The number of rotatable bonds is 4. The molecule has 2 unspecified atom stereocenters. The Balaban J connectivity index is 1.01. The summed E-state index contributed by atoms with van der Waals surface area (Å²) in [6, 6.07) is 11.2. The van der Waals surface area contributed by atoms with E-state index in [1.54, 1.807) is 7.11 Å². The average molecular weight is 555 g/mol. The van der Waals surface area contributed by atoms with E-state index >= 15 is 0 Å². The summed E-state index contributed by atoms with van der Waals surface area (Å²) in [5, 5.41) is 9.26. The first-order chi connectivity index (χ1) is 20.0. The van der Waals surface area contributed by atoms with Crippen LogP contribution < -0.4 is 25.6 Å². The molecule has 5 aliphatic rings. The van der Waals surface area contributed by atoms with Crippen LogP contribution in [0.4, 0.5) is 21.9 Å². The molecule has 0 aliphatic carbocycles. The lowest BCUT2D eigenvalue weighted by Crippen LogP contribution is -2.49. The molecular weight excluding hydrogens is 520 g/mol. The maximum absolute atomic E-state index is 13.7. The number of hydrogen-bond acceptors (Lipinski definition) is 6. The van der Waals surface area contributed by atoms with Gasteiger partial charge in [-0.05, 0) is 73.5 Å². The molecule has 1 fully saturated rings. The number of methoxy groups -OCH3 is 1. The van der Waals surface area contributed by atoms with E-state index in [0.29, 0.717) is 19.5 Å². The molecule has 0 saturated carbocycles. The molecule has 2 atom stereocenters. The number of carbonyl (C=O) groups is 3. The quantitative estimate of drug-likeness (QED) is 0.535. The molecule has 2 aromatic carbocycles. The van der Waals surface area contributed by atoms with Gasteiger partial charge in [-0.15, -0.1) is 0 Å². The summed E-state index contributed by atoms with van der Waals surface area (Å²) < 4.78 is 5.36. The molecule has 212 valence electrons. The fraction of sp³-hybridized carbons (Fsp3) is 0.387. The minimum atomic E-state index is -0.487. The first-order valence-corrected chi connectivity index (χ1v) is 14.4. The standard InChI is InChI=1S/C31H34N6O4/c1-41-23-5-6-24-19(15-23)8-14-36(31(40)34-24)21-9-12-35(13-10-21)22-7-11-32-26(17-22)30(39)37-18-20-16-28(38)33-25-3-2-4-27(37)29(20)25/h2-7,11,15,17,20-21,26,32H,8-10,12-14,16,18H2,1H3,(H,33,38)(H,34,40). The lowest BCUT2D eigenvalue weighted by molar-refractivity contribution is -0.120. The minimum absolute atomic E-state index is 0.000634. The van der Waals surface area contributed by atoms with Crippen LogP contribution >= 0.6 is 0 Å². The molecule has 10 nitrogen and oxygen atoms in total. The molecule has 0 aromatic heterocycles. The van der Waals surface area contributed by atoms with Crippen LogP contribution in [0.1, 0.15) is 36.3 Å². The van der Waals surface area contributed by atoms with E-state index in [4.69, 9.17) is 4.74 Å². The molecule has 5 aliphatic heterocycles. The highest BCUT2D eigenvalue weighted by molar-refractivity contribution is 6.05. The predicted molar refractivity (Wildman–Crippen MR) is 156 cm³/mol. The van der Waals surface area contributed by atoms with Gasteiger partial charge in [0.25, 0.3) is 5.91 Å². The third-order valence-corrected chi connectivity index (χ3v) is 9.00. The first kappa shape index (κ1) is 25.5. The topological polar surface area (TPSA) is 106 Å². The number of dihydropyridines is 1. The fourth-order valence-corrected chi connectivity index (χ4v) is 6.91. The Labute approximate surface area is 239 Å². The van der Waals surface area contributed by atoms with E-state index < -0.39 is 6.04 Å². The average Bonchev–Trinajstić information content (AvgIpc) is 3.28. The summed E-state index contributed by atoms with van der Waals surface area (Å²) in [6.45, 7) is 2.79. The number of ether oxygens (including phenoxy) is 1. The number of likely N-dealkylation sites (tertiary alicyclic amines) is 1. The van der Waals surface area contributed by atoms with Gasteiger partial charge in [-0.25, -0.2) is 4.79 Å². The summed E-state index contributed by atoms with van der Waals surface area (Å²) in [4.78, 5) is 45.1. The van der Waals surface area contributed by atoms with E-state index in [0.717, 1.165) is 72.0 Å². The zero-order chi connectivity index (χ0) is 28.1. The number of carbonyl (C=O) groups excluding carboxylic acids is 3. The van der Waals surface area contributed by atoms with Crippen LogP contribution in [0, 0.1) is 0 Å². The van der Waals surface area contributed by atoms with E-state index in [2.05, 4.69) is 20.9 Å². The highest BCUT2D eigenvalue weighted by Crippen LogP contribution is 2.45. The summed E-state index contributed by atoms with van der Waals surface area (Å²) in [5.41, 5.74) is 5.73. The van der Waals surface area contributed by atoms with Crippen molar-refractivity contribution < 1.29 is 19.1 Å². The van der Waals surface area contributed by atoms with Crippen molar-refractivity contribution in [2.24, 2.45) is 0 Å². The van der Waals surface area contributed by atoms with Crippen LogP contribution in [-0.2, 0) is 16.0 Å². The summed E-state index contributed by atoms with van der Waals surface area (Å²) in [7, 11) is 1.65. The van der Waals surface area contributed by atoms with E-state index in [1.165, 1.54) is 0 Å². The minimum Gasteiger partial charge on any atom is -0.497 e. The first-order valence-electron chi connectivity index (χ1n) is 14.4. The van der Waals surface area contributed by atoms with E-state index in [-0.39, 0.29) is 29.8 Å². The second-order valence-corrected chi connectivity index (χ2v) is 11.3. The number of anilines is 3. The fourth-order valence-electron chi connectivity index (χ4n) is 6.91. The highest BCUT2D eigenvalue weighted by atomic mass is 16.5. The predicted octanol–water partition coefficient (Wildman–Crippen LogP) is 3.39. The van der Waals surface area contributed by atoms with Crippen LogP contribution in [0.2, 0.25) is 0 Å². The Hall–Kier alpha value is -4.47. The number of piperidine rings is 1. The van der Waals surface area contributed by atoms with Gasteiger partial charge in [-0.3, -0.25) is 9.59 Å². The molecule has 10 heteroatoms. The Kier molecular flexibility index (Phi) is 6.33. The number of benzene rings is 2. The molecule has 0 bridgehead atoms. The zero-order valence-electron chi connectivity index (χ0n) is 23.1. The lowest BCUT2D eigenvalue weighted by Gasteiger charge is -2.40. The van der Waals surface area contributed by atoms with Gasteiger partial charge in [0.05, 0.1) is 7.11 Å². The van der Waals surface area contributed by atoms with Gasteiger partial charge in [-0.2, -0.15) is 0 Å². The summed E-state index contributed by atoms with van der Waals surface area (Å²) in [5.74, 6) is 0.811. The van der Waals surface area contributed by atoms with Crippen LogP contribution in [0.3, 0.4) is 0 Å². The van der Waals surface area contributed by atoms with Crippen molar-refractivity contribution in [1.29, 1.82) is 0 Å². The van der Waals surface area contributed by atoms with Gasteiger partial charge in [0.2, 0.25) is 5.91 Å². The van der Waals surface area contributed by atoms with Crippen LogP contribution in [0.15, 0.2) is 60.4 Å². The van der Waals surface area contributed by atoms with Crippen LogP contribution in [0.5, 0.6) is 5.75 Å². The second kappa shape index (κ2) is 10.2. The molecule has 5 heterocycles. The van der Waals surface area contributed by atoms with E-state index in [9.17, 15) is 14.4 Å². The maximum Gasteiger partial charge on any atom is 0.322 e. The Morgan fingerprint density at radius 3 is 2.71 bits per heavy atom. The van der Waals surface area contributed by atoms with Gasteiger partial charge in [0, 0.05) is 72.9 Å². The number of amides is 4. The SMILES string of the molecule is COc1ccc2c(c1)CCN(C1CCN(C3=CC(C(=O)N4CC5CC(=O)Nc6cccc4c65)NC=C3)CC1)C(=O)N2. The molecule has 2 aromatic rings. The number of hydrogen-bond donors (Lipinski definition) is 3. The molecule has 0 spiro atoms. The number of fused-ring (bicyclic) bond motifs is 1. The van der Waals surface area contributed by atoms with Crippen LogP contribution in [-0.4, -0.2) is 73.0 Å². The van der Waals surface area contributed by atoms with Gasteiger partial charge < -0.3 is 35.4 Å². The van der Waals surface area contributed by atoms with Gasteiger partial charge in [0.15, 0.2) is 0 Å². The number of allylic oxidation sites excluding steroid dienone is 1. The van der Waals surface area contributed by atoms with Crippen molar-refractivity contribution in [2.45, 2.75) is 43.7 Å². The van der Waals surface area contributed by atoms with E-state index in [1.807, 2.05) is 64.6 Å². The van der Waals surface area contributed by atoms with Gasteiger partial charge >= 0.3 is 6.03 Å². The summed E-state index contributed by atoms with van der Waals surface area (Å²) >= 11 is 0. The highest BCUT2D eigenvalue weighted by Gasteiger charge is 2.40. The molecule has 1 saturated heterocycles. The molecule has 3 N–H and O–H groups in total. The summed E-state index contributed by atoms with van der Waals surface area (Å²) in [6.07, 6.45) is 8.77. The van der Waals surface area contributed by atoms with Gasteiger partial charge in [-0.1, -0.05) is 6.07 Å². The molecular formula is C31H34N6O4. The van der Waals surface area contributed by atoms with Crippen molar-refractivity contribution in [3.8, 4) is 5.75 Å². The molecule has 7 rings (SSSR count). The Bertz CT molecular complexity index is 1480. The van der Waals surface area contributed by atoms with Crippen molar-refractivity contribution >= 4 is 34.9 Å². The molecule has 0 radical (unpaired) electrons. The van der Waals surface area contributed by atoms with Crippen LogP contribution in [0.25, 0.3) is 0 Å². The maximum atomic E-state index is 13.7. The number of urea groups is 1. The molecule has 4 amide bonds. The van der Waals surface area contributed by atoms with Crippen molar-refractivity contribution in [1.82, 2.24) is 15.1 Å². The lowest BCUT2D eigenvalue weighted by atomic mass is 9.92. The zero-order valence-corrected chi connectivity index (χ0v) is 23.1. The smallest absolute Gasteiger partial charge is 0.322 e. The normalized spacial score (nSPS) is 23.5.